The van der Waals surface area contributed by atoms with Gasteiger partial charge < -0.3 is 10.2 Å². The average Bonchev–Trinajstić information content (AvgIpc) is 3.13. The summed E-state index contributed by atoms with van der Waals surface area (Å²) in [5, 5.41) is 6.94. The molecule has 1 aromatic rings. The maximum atomic E-state index is 4.77. The average molecular weight is 280 g/mol. The van der Waals surface area contributed by atoms with Gasteiger partial charge >= 0.3 is 0 Å². The highest BCUT2D eigenvalue weighted by atomic mass is 32.1. The zero-order valence-corrected chi connectivity index (χ0v) is 12.7. The van der Waals surface area contributed by atoms with Crippen molar-refractivity contribution in [1.29, 1.82) is 0 Å². The summed E-state index contributed by atoms with van der Waals surface area (Å²) < 4.78 is 0. The number of nitrogens with zero attached hydrogens (tertiary/aromatic N) is 3. The second kappa shape index (κ2) is 5.77. The number of hydrogen-bond donors (Lipinski definition) is 1. The third-order valence-electron chi connectivity index (χ3n) is 4.00. The molecule has 5 heteroatoms. The molecule has 1 aromatic heterocycles. The smallest absolute Gasteiger partial charge is 0.185 e. The molecule has 106 valence electrons. The molecule has 2 heterocycles. The van der Waals surface area contributed by atoms with Crippen LogP contribution in [0.3, 0.4) is 0 Å². The summed E-state index contributed by atoms with van der Waals surface area (Å²) in [4.78, 5) is 9.74. The molecule has 0 spiro atoms. The predicted molar refractivity (Wildman–Crippen MR) is 80.9 cm³/mol. The van der Waals surface area contributed by atoms with Gasteiger partial charge in [-0.2, -0.15) is 0 Å². The van der Waals surface area contributed by atoms with Crippen LogP contribution in [-0.4, -0.2) is 48.1 Å². The van der Waals surface area contributed by atoms with Crippen molar-refractivity contribution >= 4 is 16.5 Å². The molecule has 3 rings (SSSR count). The van der Waals surface area contributed by atoms with Crippen LogP contribution in [0.5, 0.6) is 0 Å². The maximum absolute atomic E-state index is 4.77. The zero-order valence-electron chi connectivity index (χ0n) is 11.9. The lowest BCUT2D eigenvalue weighted by Gasteiger charge is -2.36. The molecule has 1 aliphatic carbocycles. The summed E-state index contributed by atoms with van der Waals surface area (Å²) in [6.07, 6.45) is 2.68. The summed E-state index contributed by atoms with van der Waals surface area (Å²) in [5.74, 6) is 0. The first-order valence-electron chi connectivity index (χ1n) is 7.39. The van der Waals surface area contributed by atoms with Gasteiger partial charge in [-0.25, -0.2) is 4.98 Å². The molecule has 0 atom stereocenters. The molecule has 0 aromatic carbocycles. The Kier molecular flexibility index (Phi) is 4.05. The van der Waals surface area contributed by atoms with Crippen LogP contribution in [0.4, 0.5) is 5.13 Å². The number of thiazole rings is 1. The zero-order chi connectivity index (χ0) is 13.2. The maximum Gasteiger partial charge on any atom is 0.185 e. The number of hydrogen-bond acceptors (Lipinski definition) is 5. The van der Waals surface area contributed by atoms with E-state index in [1.165, 1.54) is 23.7 Å². The monoisotopic (exact) mass is 280 g/mol. The van der Waals surface area contributed by atoms with Crippen molar-refractivity contribution in [3.8, 4) is 0 Å². The summed E-state index contributed by atoms with van der Waals surface area (Å²) in [6.45, 7) is 10.0. The molecular weight excluding hydrogens is 256 g/mol. The van der Waals surface area contributed by atoms with E-state index in [0.29, 0.717) is 6.04 Å². The van der Waals surface area contributed by atoms with E-state index in [0.717, 1.165) is 38.8 Å². The highest BCUT2D eigenvalue weighted by Gasteiger charge is 2.22. The molecule has 4 nitrogen and oxygen atoms in total. The van der Waals surface area contributed by atoms with Gasteiger partial charge in [-0.15, -0.1) is 11.3 Å². The van der Waals surface area contributed by atoms with E-state index >= 15 is 0 Å². The lowest BCUT2D eigenvalue weighted by atomic mass is 10.2. The fraction of sp³-hybridized carbons (Fsp3) is 0.786. The molecule has 0 bridgehead atoms. The van der Waals surface area contributed by atoms with Crippen LogP contribution in [-0.2, 0) is 6.54 Å². The summed E-state index contributed by atoms with van der Waals surface area (Å²) in [6, 6.07) is 1.43. The molecule has 1 N–H and O–H groups in total. The van der Waals surface area contributed by atoms with Crippen LogP contribution in [0.2, 0.25) is 0 Å². The van der Waals surface area contributed by atoms with Crippen LogP contribution in [0.25, 0.3) is 0 Å². The van der Waals surface area contributed by atoms with E-state index in [9.17, 15) is 0 Å². The van der Waals surface area contributed by atoms with E-state index in [4.69, 9.17) is 4.98 Å². The van der Waals surface area contributed by atoms with Crippen molar-refractivity contribution in [2.45, 2.75) is 45.3 Å². The van der Waals surface area contributed by atoms with Gasteiger partial charge in [-0.3, -0.25) is 4.90 Å². The molecular formula is C14H24N4S. The minimum absolute atomic E-state index is 0.664. The second-order valence-corrected chi connectivity index (χ2v) is 6.73. The number of rotatable bonds is 5. The summed E-state index contributed by atoms with van der Waals surface area (Å²) in [5.41, 5.74) is 1.21. The Morgan fingerprint density at radius 2 is 2.05 bits per heavy atom. The number of nitrogens with one attached hydrogen (secondary N) is 1. The van der Waals surface area contributed by atoms with E-state index in [2.05, 4.69) is 34.3 Å². The third-order valence-corrected chi connectivity index (χ3v) is 4.95. The van der Waals surface area contributed by atoms with Crippen LogP contribution in [0.15, 0.2) is 5.38 Å². The van der Waals surface area contributed by atoms with Gasteiger partial charge in [0.1, 0.15) is 0 Å². The normalized spacial score (nSPS) is 21.3. The Balaban J connectivity index is 1.51. The topological polar surface area (TPSA) is 31.4 Å². The van der Waals surface area contributed by atoms with Gasteiger partial charge in [0.2, 0.25) is 0 Å². The van der Waals surface area contributed by atoms with Crippen molar-refractivity contribution in [3.63, 3.8) is 0 Å². The fourth-order valence-electron chi connectivity index (χ4n) is 2.49. The number of aromatic nitrogens is 1. The van der Waals surface area contributed by atoms with Crippen LogP contribution in [0, 0.1) is 0 Å². The summed E-state index contributed by atoms with van der Waals surface area (Å²) in [7, 11) is 0. The quantitative estimate of drug-likeness (QED) is 0.893. The molecule has 0 amide bonds. The van der Waals surface area contributed by atoms with Gasteiger partial charge in [0.25, 0.3) is 0 Å². The standard InChI is InChI=1S/C14H24N4S/c1-11(2)17-5-7-18(8-6-17)14-16-13(10-19-14)9-15-12-3-4-12/h10-12,15H,3-9H2,1-2H3. The van der Waals surface area contributed by atoms with Crippen molar-refractivity contribution in [2.75, 3.05) is 31.1 Å². The Bertz CT molecular complexity index is 405. The molecule has 0 unspecified atom stereocenters. The van der Waals surface area contributed by atoms with E-state index in [1.54, 1.807) is 11.3 Å². The number of piperazine rings is 1. The first-order valence-corrected chi connectivity index (χ1v) is 8.27. The molecule has 1 aliphatic heterocycles. The highest BCUT2D eigenvalue weighted by Crippen LogP contribution is 2.24. The molecule has 19 heavy (non-hydrogen) atoms. The van der Waals surface area contributed by atoms with E-state index in [-0.39, 0.29) is 0 Å². The molecule has 0 radical (unpaired) electrons. The van der Waals surface area contributed by atoms with Gasteiger partial charge in [-0.1, -0.05) is 0 Å². The largest absolute Gasteiger partial charge is 0.346 e. The Hall–Kier alpha value is -0.650. The van der Waals surface area contributed by atoms with Gasteiger partial charge in [-0.05, 0) is 26.7 Å². The van der Waals surface area contributed by atoms with Gasteiger partial charge in [0.15, 0.2) is 5.13 Å². The SMILES string of the molecule is CC(C)N1CCN(c2nc(CNC3CC3)cs2)CC1. The Labute approximate surface area is 119 Å². The predicted octanol–water partition coefficient (Wildman–Crippen LogP) is 1.93. The summed E-state index contributed by atoms with van der Waals surface area (Å²) >= 11 is 1.79. The minimum Gasteiger partial charge on any atom is -0.346 e. The van der Waals surface area contributed by atoms with Crippen molar-refractivity contribution in [2.24, 2.45) is 0 Å². The second-order valence-electron chi connectivity index (χ2n) is 5.89. The molecule has 1 saturated heterocycles. The molecule has 2 aliphatic rings. The van der Waals surface area contributed by atoms with Gasteiger partial charge in [0.05, 0.1) is 5.69 Å². The highest BCUT2D eigenvalue weighted by molar-refractivity contribution is 7.13. The lowest BCUT2D eigenvalue weighted by molar-refractivity contribution is 0.209. The van der Waals surface area contributed by atoms with Gasteiger partial charge in [0, 0.05) is 50.2 Å². The Morgan fingerprint density at radius 3 is 2.68 bits per heavy atom. The minimum atomic E-state index is 0.664. The first-order chi connectivity index (χ1) is 9.22. The van der Waals surface area contributed by atoms with Crippen LogP contribution in [0.1, 0.15) is 32.4 Å². The first kappa shape index (κ1) is 13.3. The third kappa shape index (κ3) is 3.46. The van der Waals surface area contributed by atoms with Crippen LogP contribution < -0.4 is 10.2 Å². The van der Waals surface area contributed by atoms with E-state index in [1.807, 2.05) is 0 Å². The lowest BCUT2D eigenvalue weighted by Crippen LogP contribution is -2.48. The number of anilines is 1. The van der Waals surface area contributed by atoms with Crippen molar-refractivity contribution in [3.05, 3.63) is 11.1 Å². The van der Waals surface area contributed by atoms with Crippen molar-refractivity contribution < 1.29 is 0 Å². The fourth-order valence-corrected chi connectivity index (χ4v) is 3.37. The van der Waals surface area contributed by atoms with Crippen molar-refractivity contribution in [1.82, 2.24) is 15.2 Å². The molecule has 1 saturated carbocycles. The van der Waals surface area contributed by atoms with E-state index < -0.39 is 0 Å². The molecule has 2 fully saturated rings. The van der Waals surface area contributed by atoms with Crippen LogP contribution >= 0.6 is 11.3 Å². The Morgan fingerprint density at radius 1 is 1.32 bits per heavy atom.